The van der Waals surface area contributed by atoms with Gasteiger partial charge < -0.3 is 15.3 Å². The van der Waals surface area contributed by atoms with Gasteiger partial charge in [0.25, 0.3) is 5.91 Å². The smallest absolute Gasteiger partial charge is 0.352 e. The molecule has 0 aromatic heterocycles. The van der Waals surface area contributed by atoms with Crippen LogP contribution < -0.4 is 5.32 Å². The number of nitrogens with one attached hydrogen (secondary N) is 1. The average Bonchev–Trinajstić information content (AvgIpc) is 2.42. The molecule has 1 fully saturated rings. The average molecular weight is 312 g/mol. The summed E-state index contributed by atoms with van der Waals surface area (Å²) in [5.41, 5.74) is -0.417. The predicted molar refractivity (Wildman–Crippen MR) is 79.4 cm³/mol. The van der Waals surface area contributed by atoms with E-state index >= 15 is 0 Å². The van der Waals surface area contributed by atoms with Crippen molar-refractivity contribution in [3.8, 4) is 0 Å². The van der Waals surface area contributed by atoms with Crippen LogP contribution in [0.4, 0.5) is 8.78 Å². The summed E-state index contributed by atoms with van der Waals surface area (Å²) in [4.78, 5) is 13.7. The van der Waals surface area contributed by atoms with Crippen LogP contribution in [0.3, 0.4) is 0 Å². The Morgan fingerprint density at radius 1 is 1.32 bits per heavy atom. The van der Waals surface area contributed by atoms with Gasteiger partial charge in [-0.05, 0) is 44.5 Å². The third-order valence-electron chi connectivity index (χ3n) is 4.09. The summed E-state index contributed by atoms with van der Waals surface area (Å²) >= 11 is 0. The van der Waals surface area contributed by atoms with Gasteiger partial charge in [-0.15, -0.1) is 0 Å². The molecular weight excluding hydrogens is 290 g/mol. The molecular formula is C16H22F2N2O2. The fourth-order valence-electron chi connectivity index (χ4n) is 2.55. The van der Waals surface area contributed by atoms with Crippen LogP contribution in [0.1, 0.15) is 30.4 Å². The van der Waals surface area contributed by atoms with Crippen LogP contribution in [0.2, 0.25) is 0 Å². The topological polar surface area (TPSA) is 52.6 Å². The standard InChI is InChI=1S/C16H22F2N2O2/c1-20(2)11-13-7-4-3-6-12(13)10-19-14(21)16(17,18)15(22)8-5-9-15/h3-4,6-7,22H,5,8-11H2,1-2H3,(H,19,21). The first-order chi connectivity index (χ1) is 10.3. The zero-order valence-electron chi connectivity index (χ0n) is 12.9. The van der Waals surface area contributed by atoms with Gasteiger partial charge >= 0.3 is 5.92 Å². The van der Waals surface area contributed by atoms with Crippen molar-refractivity contribution in [1.82, 2.24) is 10.2 Å². The number of aliphatic hydroxyl groups is 1. The van der Waals surface area contributed by atoms with Gasteiger partial charge in [-0.1, -0.05) is 24.3 Å². The molecule has 0 spiro atoms. The second-order valence-corrected chi connectivity index (χ2v) is 6.15. The molecule has 0 bridgehead atoms. The Balaban J connectivity index is 2.02. The number of rotatable bonds is 6. The lowest BCUT2D eigenvalue weighted by Gasteiger charge is -2.41. The highest BCUT2D eigenvalue weighted by Gasteiger charge is 2.61. The van der Waals surface area contributed by atoms with Gasteiger partial charge in [-0.25, -0.2) is 0 Å². The first kappa shape index (κ1) is 16.8. The Bertz CT molecular complexity index is 543. The van der Waals surface area contributed by atoms with E-state index in [0.717, 1.165) is 11.1 Å². The first-order valence-corrected chi connectivity index (χ1v) is 7.36. The summed E-state index contributed by atoms with van der Waals surface area (Å²) in [6.45, 7) is 0.681. The minimum absolute atomic E-state index is 0.0223. The van der Waals surface area contributed by atoms with E-state index in [1.54, 1.807) is 12.1 Å². The van der Waals surface area contributed by atoms with E-state index in [9.17, 15) is 18.7 Å². The molecule has 1 aliphatic rings. The van der Waals surface area contributed by atoms with Crippen LogP contribution in [0.25, 0.3) is 0 Å². The normalized spacial score (nSPS) is 17.2. The maximum Gasteiger partial charge on any atom is 0.352 e. The largest absolute Gasteiger partial charge is 0.383 e. The highest BCUT2D eigenvalue weighted by molar-refractivity contribution is 5.85. The molecule has 1 aromatic carbocycles. The Labute approximate surface area is 129 Å². The van der Waals surface area contributed by atoms with Crippen LogP contribution in [0.5, 0.6) is 0 Å². The van der Waals surface area contributed by atoms with E-state index in [0.29, 0.717) is 13.0 Å². The second-order valence-electron chi connectivity index (χ2n) is 6.15. The van der Waals surface area contributed by atoms with Gasteiger partial charge in [0.15, 0.2) is 0 Å². The maximum atomic E-state index is 14.0. The van der Waals surface area contributed by atoms with E-state index in [-0.39, 0.29) is 19.4 Å². The lowest BCUT2D eigenvalue weighted by molar-refractivity contribution is -0.216. The number of benzene rings is 1. The quantitative estimate of drug-likeness (QED) is 0.844. The number of alkyl halides is 2. The van der Waals surface area contributed by atoms with Gasteiger partial charge in [-0.3, -0.25) is 4.79 Å². The molecule has 0 heterocycles. The van der Waals surface area contributed by atoms with Crippen molar-refractivity contribution in [2.24, 2.45) is 0 Å². The lowest BCUT2D eigenvalue weighted by Crippen LogP contribution is -2.60. The molecule has 122 valence electrons. The molecule has 1 aromatic rings. The summed E-state index contributed by atoms with van der Waals surface area (Å²) in [5, 5.41) is 12.0. The Morgan fingerprint density at radius 3 is 2.41 bits per heavy atom. The Hall–Kier alpha value is -1.53. The molecule has 0 atom stereocenters. The van der Waals surface area contributed by atoms with Gasteiger partial charge in [0.05, 0.1) is 0 Å². The monoisotopic (exact) mass is 312 g/mol. The van der Waals surface area contributed by atoms with Crippen molar-refractivity contribution in [1.29, 1.82) is 0 Å². The molecule has 0 unspecified atom stereocenters. The van der Waals surface area contributed by atoms with E-state index in [4.69, 9.17) is 0 Å². The fraction of sp³-hybridized carbons (Fsp3) is 0.562. The molecule has 2 rings (SSSR count). The second kappa shape index (κ2) is 6.30. The van der Waals surface area contributed by atoms with Gasteiger partial charge in [0.1, 0.15) is 5.60 Å². The predicted octanol–water partition coefficient (Wildman–Crippen LogP) is 1.91. The Morgan fingerprint density at radius 2 is 1.91 bits per heavy atom. The molecule has 0 saturated heterocycles. The molecule has 22 heavy (non-hydrogen) atoms. The van der Waals surface area contributed by atoms with Gasteiger partial charge in [0, 0.05) is 13.1 Å². The highest BCUT2D eigenvalue weighted by Crippen LogP contribution is 2.44. The minimum atomic E-state index is -3.75. The van der Waals surface area contributed by atoms with Crippen molar-refractivity contribution in [3.05, 3.63) is 35.4 Å². The molecule has 6 heteroatoms. The summed E-state index contributed by atoms with van der Waals surface area (Å²) in [6.07, 6.45) is 0.445. The number of carbonyl (C=O) groups excluding carboxylic acids is 1. The summed E-state index contributed by atoms with van der Waals surface area (Å²) in [5.74, 6) is -5.16. The number of nitrogens with zero attached hydrogens (tertiary/aromatic N) is 1. The van der Waals surface area contributed by atoms with Crippen LogP contribution >= 0.6 is 0 Å². The molecule has 1 aliphatic carbocycles. The van der Waals surface area contributed by atoms with Crippen molar-refractivity contribution < 1.29 is 18.7 Å². The zero-order valence-corrected chi connectivity index (χ0v) is 12.9. The van der Waals surface area contributed by atoms with Gasteiger partial charge in [0.2, 0.25) is 0 Å². The van der Waals surface area contributed by atoms with Crippen LogP contribution in [0.15, 0.2) is 24.3 Å². The lowest BCUT2D eigenvalue weighted by atomic mass is 9.75. The maximum absolute atomic E-state index is 14.0. The molecule has 1 amide bonds. The molecule has 0 aliphatic heterocycles. The van der Waals surface area contributed by atoms with E-state index < -0.39 is 17.4 Å². The number of amides is 1. The number of carbonyl (C=O) groups is 1. The summed E-state index contributed by atoms with van der Waals surface area (Å²) < 4.78 is 28.0. The van der Waals surface area contributed by atoms with Gasteiger partial charge in [-0.2, -0.15) is 8.78 Å². The van der Waals surface area contributed by atoms with Crippen LogP contribution in [-0.2, 0) is 17.9 Å². The van der Waals surface area contributed by atoms with E-state index in [1.807, 2.05) is 31.1 Å². The summed E-state index contributed by atoms with van der Waals surface area (Å²) in [7, 11) is 3.82. The highest BCUT2D eigenvalue weighted by atomic mass is 19.3. The summed E-state index contributed by atoms with van der Waals surface area (Å²) in [6, 6.07) is 7.38. The first-order valence-electron chi connectivity index (χ1n) is 7.36. The van der Waals surface area contributed by atoms with Crippen molar-refractivity contribution in [3.63, 3.8) is 0 Å². The third-order valence-corrected chi connectivity index (χ3v) is 4.09. The SMILES string of the molecule is CN(C)Cc1ccccc1CNC(=O)C(F)(F)C1(O)CCC1. The zero-order chi connectivity index (χ0) is 16.4. The van der Waals surface area contributed by atoms with Crippen molar-refractivity contribution in [2.45, 2.75) is 43.9 Å². The number of halogens is 2. The molecule has 0 radical (unpaired) electrons. The number of hydrogen-bond donors (Lipinski definition) is 2. The Kier molecular flexibility index (Phi) is 4.82. The van der Waals surface area contributed by atoms with Crippen LogP contribution in [-0.4, -0.2) is 41.5 Å². The fourth-order valence-corrected chi connectivity index (χ4v) is 2.55. The van der Waals surface area contributed by atoms with Crippen molar-refractivity contribution in [2.75, 3.05) is 14.1 Å². The van der Waals surface area contributed by atoms with Crippen LogP contribution in [0, 0.1) is 0 Å². The van der Waals surface area contributed by atoms with Crippen molar-refractivity contribution >= 4 is 5.91 Å². The molecule has 1 saturated carbocycles. The third kappa shape index (κ3) is 3.28. The molecule has 2 N–H and O–H groups in total. The van der Waals surface area contributed by atoms with E-state index in [2.05, 4.69) is 5.32 Å². The molecule has 4 nitrogen and oxygen atoms in total. The van der Waals surface area contributed by atoms with E-state index in [1.165, 1.54) is 0 Å². The number of hydrogen-bond acceptors (Lipinski definition) is 3. The minimum Gasteiger partial charge on any atom is -0.383 e.